The monoisotopic (exact) mass is 432 g/mol. The minimum Gasteiger partial charge on any atom is -0.452 e. The van der Waals surface area contributed by atoms with Crippen LogP contribution < -0.4 is 0 Å². The number of esters is 1. The molecule has 4 aromatic rings. The quantitative estimate of drug-likeness (QED) is 0.304. The van der Waals surface area contributed by atoms with Crippen LogP contribution in [-0.2, 0) is 11.3 Å². The van der Waals surface area contributed by atoms with Gasteiger partial charge in [-0.25, -0.2) is 4.79 Å². The van der Waals surface area contributed by atoms with Gasteiger partial charge in [-0.15, -0.1) is 10.2 Å². The molecule has 4 rings (SSSR count). The molecule has 7 heteroatoms. The van der Waals surface area contributed by atoms with Gasteiger partial charge in [0.2, 0.25) is 5.89 Å². The second kappa shape index (κ2) is 8.93. The third-order valence-corrected chi connectivity index (χ3v) is 4.84. The van der Waals surface area contributed by atoms with Crippen LogP contribution in [0.2, 0.25) is 5.02 Å². The number of aryl methyl sites for hydroxylation is 1. The first-order valence-corrected chi connectivity index (χ1v) is 9.85. The normalized spacial score (nSPS) is 10.6. The zero-order chi connectivity index (χ0) is 21.8. The van der Waals surface area contributed by atoms with Gasteiger partial charge in [-0.1, -0.05) is 59.6 Å². The van der Waals surface area contributed by atoms with Crippen LogP contribution in [0.5, 0.6) is 0 Å². The Kier molecular flexibility index (Phi) is 5.91. The Labute approximate surface area is 183 Å². The summed E-state index contributed by atoms with van der Waals surface area (Å²) >= 11 is 5.88. The molecule has 0 aliphatic rings. The number of hydrogen-bond donors (Lipinski definition) is 0. The molecule has 1 aromatic heterocycles. The second-order valence-electron chi connectivity index (χ2n) is 6.82. The van der Waals surface area contributed by atoms with Crippen molar-refractivity contribution in [2.75, 3.05) is 0 Å². The van der Waals surface area contributed by atoms with Gasteiger partial charge in [0, 0.05) is 21.7 Å². The number of ether oxygens (including phenoxy) is 1. The van der Waals surface area contributed by atoms with Gasteiger partial charge in [-0.3, -0.25) is 4.79 Å². The maximum Gasteiger partial charge on any atom is 0.339 e. The molecular formula is C24H17ClN2O4. The van der Waals surface area contributed by atoms with Gasteiger partial charge in [-0.2, -0.15) is 0 Å². The first kappa shape index (κ1) is 20.5. The molecule has 0 spiro atoms. The van der Waals surface area contributed by atoms with Gasteiger partial charge >= 0.3 is 5.97 Å². The third kappa shape index (κ3) is 4.70. The van der Waals surface area contributed by atoms with E-state index in [1.807, 2.05) is 19.1 Å². The number of carbonyl (C=O) groups is 2. The van der Waals surface area contributed by atoms with Gasteiger partial charge in [0.15, 0.2) is 12.4 Å². The molecule has 0 aliphatic carbocycles. The van der Waals surface area contributed by atoms with Crippen LogP contribution >= 0.6 is 11.6 Å². The maximum atomic E-state index is 12.9. The van der Waals surface area contributed by atoms with Gasteiger partial charge in [0.25, 0.3) is 5.89 Å². The number of halogens is 1. The number of hydrogen-bond acceptors (Lipinski definition) is 6. The standard InChI is InChI=1S/C24H17ClN2O4/c1-15-6-8-16(9-7-15)22(28)19-4-2-3-5-20(19)24(29)30-14-21-26-27-23(31-21)17-10-12-18(25)13-11-17/h2-13H,14H2,1H3. The van der Waals surface area contributed by atoms with Gasteiger partial charge in [0.1, 0.15) is 0 Å². The molecule has 0 bridgehead atoms. The maximum absolute atomic E-state index is 12.9. The van der Waals surface area contributed by atoms with E-state index in [0.29, 0.717) is 16.1 Å². The summed E-state index contributed by atoms with van der Waals surface area (Å²) in [7, 11) is 0. The number of carbonyl (C=O) groups excluding carboxylic acids is 2. The molecule has 0 atom stereocenters. The molecule has 0 N–H and O–H groups in total. The summed E-state index contributed by atoms with van der Waals surface area (Å²) in [5.74, 6) is -0.476. The Morgan fingerprint density at radius 1 is 0.903 bits per heavy atom. The fraction of sp³-hybridized carbons (Fsp3) is 0.0833. The van der Waals surface area contributed by atoms with Crippen LogP contribution in [0.1, 0.15) is 37.7 Å². The highest BCUT2D eigenvalue weighted by molar-refractivity contribution is 6.30. The van der Waals surface area contributed by atoms with Crippen molar-refractivity contribution >= 4 is 23.4 Å². The van der Waals surface area contributed by atoms with Gasteiger partial charge in [0.05, 0.1) is 5.56 Å². The predicted octanol–water partition coefficient (Wildman–Crippen LogP) is 5.29. The second-order valence-corrected chi connectivity index (χ2v) is 7.26. The van der Waals surface area contributed by atoms with E-state index in [9.17, 15) is 9.59 Å². The Bertz CT molecular complexity index is 1230. The van der Waals surface area contributed by atoms with E-state index in [2.05, 4.69) is 10.2 Å². The summed E-state index contributed by atoms with van der Waals surface area (Å²) in [6, 6.07) is 20.6. The first-order valence-electron chi connectivity index (χ1n) is 9.47. The van der Waals surface area contributed by atoms with Crippen molar-refractivity contribution in [2.24, 2.45) is 0 Å². The van der Waals surface area contributed by atoms with Crippen molar-refractivity contribution in [1.82, 2.24) is 10.2 Å². The van der Waals surface area contributed by atoms with Crippen LogP contribution in [-0.4, -0.2) is 21.9 Å². The first-order chi connectivity index (χ1) is 15.0. The molecule has 31 heavy (non-hydrogen) atoms. The molecule has 6 nitrogen and oxygen atoms in total. The molecule has 0 fully saturated rings. The van der Waals surface area contributed by atoms with E-state index < -0.39 is 5.97 Å². The van der Waals surface area contributed by atoms with Crippen LogP contribution in [0.15, 0.2) is 77.2 Å². The molecule has 154 valence electrons. The Hall–Kier alpha value is -3.77. The Morgan fingerprint density at radius 2 is 1.58 bits per heavy atom. The summed E-state index contributed by atoms with van der Waals surface area (Å²) in [6.07, 6.45) is 0. The molecule has 1 heterocycles. The number of aromatic nitrogens is 2. The summed E-state index contributed by atoms with van der Waals surface area (Å²) < 4.78 is 10.9. The Balaban J connectivity index is 1.48. The minimum absolute atomic E-state index is 0.139. The fourth-order valence-electron chi connectivity index (χ4n) is 2.95. The summed E-state index contributed by atoms with van der Waals surface area (Å²) in [4.78, 5) is 25.5. The number of nitrogens with zero attached hydrogens (tertiary/aromatic N) is 2. The minimum atomic E-state index is -0.651. The smallest absolute Gasteiger partial charge is 0.339 e. The molecule has 0 aliphatic heterocycles. The van der Waals surface area contributed by atoms with Crippen molar-refractivity contribution in [3.05, 3.63) is 106 Å². The van der Waals surface area contributed by atoms with E-state index in [0.717, 1.165) is 5.56 Å². The fourth-order valence-corrected chi connectivity index (χ4v) is 3.07. The van der Waals surface area contributed by atoms with Crippen LogP contribution in [0.25, 0.3) is 11.5 Å². The van der Waals surface area contributed by atoms with E-state index in [4.69, 9.17) is 20.8 Å². The Morgan fingerprint density at radius 3 is 2.29 bits per heavy atom. The highest BCUT2D eigenvalue weighted by Crippen LogP contribution is 2.21. The third-order valence-electron chi connectivity index (χ3n) is 4.59. The predicted molar refractivity (Wildman–Crippen MR) is 115 cm³/mol. The van der Waals surface area contributed by atoms with Crippen molar-refractivity contribution < 1.29 is 18.7 Å². The van der Waals surface area contributed by atoms with Crippen LogP contribution in [0.4, 0.5) is 0 Å². The average Bonchev–Trinajstić information content (AvgIpc) is 3.27. The zero-order valence-electron chi connectivity index (χ0n) is 16.5. The van der Waals surface area contributed by atoms with Crippen molar-refractivity contribution in [3.63, 3.8) is 0 Å². The number of benzene rings is 3. The number of rotatable bonds is 6. The van der Waals surface area contributed by atoms with E-state index in [-0.39, 0.29) is 35.3 Å². The van der Waals surface area contributed by atoms with Crippen molar-refractivity contribution in [3.8, 4) is 11.5 Å². The molecule has 0 saturated carbocycles. The number of ketones is 1. The molecule has 0 unspecified atom stereocenters. The largest absolute Gasteiger partial charge is 0.452 e. The van der Waals surface area contributed by atoms with Gasteiger partial charge in [-0.05, 0) is 37.3 Å². The van der Waals surface area contributed by atoms with Crippen LogP contribution in [0, 0.1) is 6.92 Å². The topological polar surface area (TPSA) is 82.3 Å². The lowest BCUT2D eigenvalue weighted by atomic mass is 9.98. The van der Waals surface area contributed by atoms with E-state index >= 15 is 0 Å². The zero-order valence-corrected chi connectivity index (χ0v) is 17.3. The lowest BCUT2D eigenvalue weighted by Gasteiger charge is -2.08. The lowest BCUT2D eigenvalue weighted by Crippen LogP contribution is -2.12. The van der Waals surface area contributed by atoms with Crippen molar-refractivity contribution in [1.29, 1.82) is 0 Å². The van der Waals surface area contributed by atoms with E-state index in [1.54, 1.807) is 60.7 Å². The summed E-state index contributed by atoms with van der Waals surface area (Å²) in [5, 5.41) is 8.45. The van der Waals surface area contributed by atoms with Gasteiger partial charge < -0.3 is 9.15 Å². The van der Waals surface area contributed by atoms with E-state index in [1.165, 1.54) is 0 Å². The molecule has 3 aromatic carbocycles. The molecular weight excluding hydrogens is 416 g/mol. The summed E-state index contributed by atoms with van der Waals surface area (Å²) in [5.41, 5.74) is 2.68. The molecule has 0 amide bonds. The van der Waals surface area contributed by atoms with Crippen molar-refractivity contribution in [2.45, 2.75) is 13.5 Å². The highest BCUT2D eigenvalue weighted by atomic mass is 35.5. The SMILES string of the molecule is Cc1ccc(C(=O)c2ccccc2C(=O)OCc2nnc(-c3ccc(Cl)cc3)o2)cc1. The average molecular weight is 433 g/mol. The highest BCUT2D eigenvalue weighted by Gasteiger charge is 2.20. The lowest BCUT2D eigenvalue weighted by molar-refractivity contribution is 0.0436. The molecule has 0 saturated heterocycles. The molecule has 0 radical (unpaired) electrons. The summed E-state index contributed by atoms with van der Waals surface area (Å²) in [6.45, 7) is 1.72. The van der Waals surface area contributed by atoms with Crippen LogP contribution in [0.3, 0.4) is 0 Å².